The van der Waals surface area contributed by atoms with Crippen molar-refractivity contribution in [3.8, 4) is 0 Å². The highest BCUT2D eigenvalue weighted by atomic mass is 32.2. The largest absolute Gasteiger partial charge is 0.418 e. The average Bonchev–Trinajstić information content (AvgIpc) is 3.34. The normalized spacial score (nSPS) is 17.8. The summed E-state index contributed by atoms with van der Waals surface area (Å²) in [6.45, 7) is 1.38. The zero-order valence-corrected chi connectivity index (χ0v) is 19.0. The maximum atomic E-state index is 13.4. The number of nitrogens with one attached hydrogen (secondary N) is 1. The Balaban J connectivity index is 1.42. The van der Waals surface area contributed by atoms with Gasteiger partial charge < -0.3 is 15.1 Å². The van der Waals surface area contributed by atoms with Crippen molar-refractivity contribution in [3.05, 3.63) is 53.8 Å². The molecule has 1 N–H and O–H groups in total. The summed E-state index contributed by atoms with van der Waals surface area (Å²) in [4.78, 5) is 15.3. The van der Waals surface area contributed by atoms with Crippen LogP contribution >= 0.6 is 0 Å². The van der Waals surface area contributed by atoms with Crippen molar-refractivity contribution in [1.29, 1.82) is 0 Å². The van der Waals surface area contributed by atoms with Gasteiger partial charge in [0.05, 0.1) is 10.5 Å². The highest BCUT2D eigenvalue weighted by Gasteiger charge is 2.37. The molecule has 0 aliphatic carbocycles. The average molecular weight is 501 g/mol. The third-order valence-electron chi connectivity index (χ3n) is 5.98. The molecule has 2 aliphatic heterocycles. The number of rotatable bonds is 4. The maximum absolute atomic E-state index is 13.4. The number of piperazine rings is 1. The predicted octanol–water partition coefficient (Wildman–Crippen LogP) is 3.98. The molecule has 4 rings (SSSR count). The predicted molar refractivity (Wildman–Crippen MR) is 119 cm³/mol. The molecule has 12 heteroatoms. The highest BCUT2D eigenvalue weighted by Crippen LogP contribution is 2.37. The minimum absolute atomic E-state index is 0.0234. The lowest BCUT2D eigenvalue weighted by molar-refractivity contribution is -0.137. The molecule has 0 saturated carbocycles. The van der Waals surface area contributed by atoms with Crippen molar-refractivity contribution in [1.82, 2.24) is 9.21 Å². The Bertz CT molecular complexity index is 1140. The zero-order valence-electron chi connectivity index (χ0n) is 18.2. The number of nitrogens with zero attached hydrogens (tertiary/aromatic N) is 3. The summed E-state index contributed by atoms with van der Waals surface area (Å²) < 4.78 is 80.7. The van der Waals surface area contributed by atoms with E-state index in [4.69, 9.17) is 0 Å². The van der Waals surface area contributed by atoms with E-state index in [9.17, 15) is 30.8 Å². The Kier molecular flexibility index (Phi) is 6.72. The van der Waals surface area contributed by atoms with E-state index in [-0.39, 0.29) is 42.8 Å². The van der Waals surface area contributed by atoms with Crippen LogP contribution in [-0.4, -0.2) is 62.9 Å². The second kappa shape index (κ2) is 9.41. The molecule has 7 nitrogen and oxygen atoms in total. The number of benzene rings is 2. The number of sulfonamides is 1. The number of likely N-dealkylation sites (tertiary alicyclic amines) is 1. The third kappa shape index (κ3) is 5.12. The lowest BCUT2D eigenvalue weighted by atomic mass is 10.1. The molecule has 34 heavy (non-hydrogen) atoms. The fraction of sp³-hybridized carbons (Fsp3) is 0.409. The van der Waals surface area contributed by atoms with Gasteiger partial charge in [-0.3, -0.25) is 0 Å². The van der Waals surface area contributed by atoms with Crippen molar-refractivity contribution in [2.24, 2.45) is 0 Å². The molecule has 0 spiro atoms. The van der Waals surface area contributed by atoms with Gasteiger partial charge in [0.2, 0.25) is 10.0 Å². The number of hydrogen-bond donors (Lipinski definition) is 1. The van der Waals surface area contributed by atoms with Crippen molar-refractivity contribution in [2.45, 2.75) is 23.9 Å². The second-order valence-corrected chi connectivity index (χ2v) is 10.1. The molecule has 2 saturated heterocycles. The highest BCUT2D eigenvalue weighted by molar-refractivity contribution is 7.89. The first-order valence-electron chi connectivity index (χ1n) is 10.8. The van der Waals surface area contributed by atoms with E-state index in [1.807, 2.05) is 0 Å². The molecule has 2 amide bonds. The number of anilines is 2. The smallest absolute Gasteiger partial charge is 0.368 e. The Labute approximate surface area is 195 Å². The molecule has 2 aromatic carbocycles. The minimum Gasteiger partial charge on any atom is -0.368 e. The molecule has 2 fully saturated rings. The van der Waals surface area contributed by atoms with E-state index >= 15 is 0 Å². The molecule has 2 aliphatic rings. The van der Waals surface area contributed by atoms with Crippen molar-refractivity contribution >= 4 is 27.4 Å². The van der Waals surface area contributed by atoms with Crippen molar-refractivity contribution < 1.29 is 30.8 Å². The molecule has 0 radical (unpaired) electrons. The number of halogens is 4. The first-order valence-corrected chi connectivity index (χ1v) is 12.3. The summed E-state index contributed by atoms with van der Waals surface area (Å²) in [5.41, 5.74) is -0.795. The van der Waals surface area contributed by atoms with Crippen molar-refractivity contribution in [2.75, 3.05) is 49.5 Å². The van der Waals surface area contributed by atoms with E-state index < -0.39 is 27.6 Å². The molecule has 0 atom stereocenters. The molecule has 2 heterocycles. The molecule has 0 aromatic heterocycles. The zero-order chi connectivity index (χ0) is 24.5. The molecular weight excluding hydrogens is 476 g/mol. The quantitative estimate of drug-likeness (QED) is 0.645. The van der Waals surface area contributed by atoms with Gasteiger partial charge in [0.1, 0.15) is 5.82 Å². The van der Waals surface area contributed by atoms with Crippen LogP contribution in [0.4, 0.5) is 33.7 Å². The van der Waals surface area contributed by atoms with E-state index in [0.29, 0.717) is 24.8 Å². The molecule has 0 unspecified atom stereocenters. The fourth-order valence-electron chi connectivity index (χ4n) is 4.16. The van der Waals surface area contributed by atoms with Crippen LogP contribution in [0.15, 0.2) is 47.4 Å². The number of alkyl halides is 3. The van der Waals surface area contributed by atoms with Crippen LogP contribution in [0.25, 0.3) is 0 Å². The van der Waals surface area contributed by atoms with Gasteiger partial charge in [0, 0.05) is 50.6 Å². The van der Waals surface area contributed by atoms with Gasteiger partial charge in [-0.15, -0.1) is 0 Å². The Morgan fingerprint density at radius 2 is 1.50 bits per heavy atom. The summed E-state index contributed by atoms with van der Waals surface area (Å²) in [5.74, 6) is -0.989. The van der Waals surface area contributed by atoms with Crippen LogP contribution in [0.1, 0.15) is 18.4 Å². The number of hydrogen-bond acceptors (Lipinski definition) is 4. The lowest BCUT2D eigenvalue weighted by Crippen LogP contribution is -2.49. The SMILES string of the molecule is O=C(Nc1ccc(S(=O)(=O)N2CCN(c3ccc(F)cc3C(F)(F)F)CC2)cc1)N1CCCC1. The van der Waals surface area contributed by atoms with Gasteiger partial charge in [0.25, 0.3) is 0 Å². The van der Waals surface area contributed by atoms with Crippen LogP contribution < -0.4 is 10.2 Å². The monoisotopic (exact) mass is 500 g/mol. The topological polar surface area (TPSA) is 73.0 Å². The number of amides is 2. The number of carbonyl (C=O) groups is 1. The van der Waals surface area contributed by atoms with Crippen LogP contribution in [0.5, 0.6) is 0 Å². The first kappa shape index (κ1) is 24.3. The van der Waals surface area contributed by atoms with Gasteiger partial charge in [-0.1, -0.05) is 0 Å². The standard InChI is InChI=1S/C22H24F4N4O3S/c23-16-3-8-20(19(15-16)22(24,25)26)28-11-13-30(14-12-28)34(32,33)18-6-4-17(5-7-18)27-21(31)29-9-1-2-10-29/h3-8,15H,1-2,9-14H2,(H,27,31). The van der Waals surface area contributed by atoms with E-state index in [1.54, 1.807) is 4.90 Å². The maximum Gasteiger partial charge on any atom is 0.418 e. The van der Waals surface area contributed by atoms with E-state index in [1.165, 1.54) is 33.5 Å². The van der Waals surface area contributed by atoms with Crippen LogP contribution in [0.2, 0.25) is 0 Å². The molecular formula is C22H24F4N4O3S. The van der Waals surface area contributed by atoms with Crippen LogP contribution in [-0.2, 0) is 16.2 Å². The summed E-state index contributed by atoms with van der Waals surface area (Å²) >= 11 is 0. The van der Waals surface area contributed by atoms with Crippen LogP contribution in [0, 0.1) is 5.82 Å². The van der Waals surface area contributed by atoms with Gasteiger partial charge in [0.15, 0.2) is 0 Å². The van der Waals surface area contributed by atoms with Crippen molar-refractivity contribution in [3.63, 3.8) is 0 Å². The molecule has 2 aromatic rings. The lowest BCUT2D eigenvalue weighted by Gasteiger charge is -2.36. The molecule has 184 valence electrons. The van der Waals surface area contributed by atoms with E-state index in [0.717, 1.165) is 25.0 Å². The minimum atomic E-state index is -4.73. The summed E-state index contributed by atoms with van der Waals surface area (Å²) in [5, 5.41) is 2.74. The van der Waals surface area contributed by atoms with Gasteiger partial charge in [-0.05, 0) is 55.3 Å². The Hall–Kier alpha value is -2.86. The summed E-state index contributed by atoms with van der Waals surface area (Å²) in [7, 11) is -3.87. The summed E-state index contributed by atoms with van der Waals surface area (Å²) in [6.07, 6.45) is -2.82. The number of carbonyl (C=O) groups excluding carboxylic acids is 1. The Morgan fingerprint density at radius 1 is 0.882 bits per heavy atom. The van der Waals surface area contributed by atoms with Gasteiger partial charge >= 0.3 is 12.2 Å². The fourth-order valence-corrected chi connectivity index (χ4v) is 5.58. The summed E-state index contributed by atoms with van der Waals surface area (Å²) in [6, 6.07) is 8.03. The second-order valence-electron chi connectivity index (χ2n) is 8.20. The first-order chi connectivity index (χ1) is 16.1. The number of urea groups is 1. The Morgan fingerprint density at radius 3 is 2.09 bits per heavy atom. The van der Waals surface area contributed by atoms with E-state index in [2.05, 4.69) is 5.32 Å². The van der Waals surface area contributed by atoms with Gasteiger partial charge in [-0.2, -0.15) is 17.5 Å². The van der Waals surface area contributed by atoms with Crippen LogP contribution in [0.3, 0.4) is 0 Å². The third-order valence-corrected chi connectivity index (χ3v) is 7.89. The molecule has 0 bridgehead atoms. The van der Waals surface area contributed by atoms with Gasteiger partial charge in [-0.25, -0.2) is 17.6 Å².